The van der Waals surface area contributed by atoms with Crippen LogP contribution in [0.15, 0.2) is 30.6 Å². The number of ether oxygens (including phenoxy) is 2. The summed E-state index contributed by atoms with van der Waals surface area (Å²) >= 11 is 0. The number of nitrogens with zero attached hydrogens (tertiary/aromatic N) is 1. The number of aromatic nitrogens is 1. The van der Waals surface area contributed by atoms with Gasteiger partial charge in [-0.3, -0.25) is 4.98 Å². The van der Waals surface area contributed by atoms with Crippen LogP contribution in [-0.4, -0.2) is 24.9 Å². The largest absolute Gasteiger partial charge is 0.508 e. The predicted molar refractivity (Wildman–Crippen MR) is 51.6 cm³/mol. The molecule has 1 heterocycles. The van der Waals surface area contributed by atoms with Gasteiger partial charge in [0, 0.05) is 12.4 Å². The molecule has 0 radical (unpaired) electrons. The maximum atomic E-state index is 10.5. The quantitative estimate of drug-likeness (QED) is 0.687. The van der Waals surface area contributed by atoms with Crippen LogP contribution < -0.4 is 0 Å². The molecular weight excluding hydrogens is 182 g/mol. The molecule has 4 nitrogen and oxygen atoms in total. The number of rotatable bonds is 3. The van der Waals surface area contributed by atoms with Crippen molar-refractivity contribution >= 4 is 12.2 Å². The topological polar surface area (TPSA) is 48.4 Å². The molecule has 4 heteroatoms. The lowest BCUT2D eigenvalue weighted by molar-refractivity contribution is 0.0819. The third kappa shape index (κ3) is 3.71. The van der Waals surface area contributed by atoms with E-state index in [0.717, 1.165) is 5.56 Å². The summed E-state index contributed by atoms with van der Waals surface area (Å²) < 4.78 is 8.94. The minimum atomic E-state index is -0.680. The van der Waals surface area contributed by atoms with Crippen LogP contribution in [0.25, 0.3) is 6.08 Å². The first kappa shape index (κ1) is 10.2. The molecule has 0 aliphatic heterocycles. The molecule has 0 unspecified atom stereocenters. The van der Waals surface area contributed by atoms with Crippen LogP contribution in [0.3, 0.4) is 0 Å². The van der Waals surface area contributed by atoms with Gasteiger partial charge in [0.05, 0.1) is 7.11 Å². The smallest absolute Gasteiger partial charge is 0.438 e. The zero-order valence-electron chi connectivity index (χ0n) is 7.84. The zero-order chi connectivity index (χ0) is 10.2. The van der Waals surface area contributed by atoms with Gasteiger partial charge < -0.3 is 9.47 Å². The van der Waals surface area contributed by atoms with E-state index in [2.05, 4.69) is 14.5 Å². The van der Waals surface area contributed by atoms with Crippen LogP contribution in [0.2, 0.25) is 0 Å². The molecule has 1 aromatic rings. The third-order valence-corrected chi connectivity index (χ3v) is 1.46. The van der Waals surface area contributed by atoms with E-state index in [1.54, 1.807) is 18.5 Å². The van der Waals surface area contributed by atoms with Gasteiger partial charge in [-0.15, -0.1) is 0 Å². The van der Waals surface area contributed by atoms with Crippen molar-refractivity contribution in [2.45, 2.75) is 0 Å². The van der Waals surface area contributed by atoms with Crippen molar-refractivity contribution in [1.82, 2.24) is 4.98 Å². The maximum Gasteiger partial charge on any atom is 0.508 e. The van der Waals surface area contributed by atoms with Gasteiger partial charge in [0.25, 0.3) is 0 Å². The monoisotopic (exact) mass is 193 g/mol. The van der Waals surface area contributed by atoms with Crippen molar-refractivity contribution in [3.05, 3.63) is 36.2 Å². The van der Waals surface area contributed by atoms with Crippen molar-refractivity contribution in [3.63, 3.8) is 0 Å². The Morgan fingerprint density at radius 2 is 2.50 bits per heavy atom. The Labute approximate surface area is 82.2 Å². The van der Waals surface area contributed by atoms with Gasteiger partial charge in [-0.25, -0.2) is 4.79 Å². The van der Waals surface area contributed by atoms with Crippen molar-refractivity contribution < 1.29 is 14.3 Å². The highest BCUT2D eigenvalue weighted by Crippen LogP contribution is 1.98. The maximum absolute atomic E-state index is 10.5. The summed E-state index contributed by atoms with van der Waals surface area (Å²) in [7, 11) is 1.27. The first-order chi connectivity index (χ1) is 6.83. The van der Waals surface area contributed by atoms with Gasteiger partial charge in [-0.1, -0.05) is 12.1 Å². The lowest BCUT2D eigenvalue weighted by atomic mass is 10.3. The second-order valence-corrected chi connectivity index (χ2v) is 2.45. The molecule has 0 aliphatic rings. The Morgan fingerprint density at radius 1 is 1.64 bits per heavy atom. The van der Waals surface area contributed by atoms with Crippen LogP contribution in [0.1, 0.15) is 5.56 Å². The fourth-order valence-corrected chi connectivity index (χ4v) is 0.834. The minimum Gasteiger partial charge on any atom is -0.438 e. The van der Waals surface area contributed by atoms with E-state index in [-0.39, 0.29) is 6.61 Å². The molecule has 1 aromatic heterocycles. The Balaban J connectivity index is 2.31. The molecule has 0 saturated heterocycles. The molecule has 0 aliphatic carbocycles. The molecule has 0 atom stereocenters. The number of hydrogen-bond acceptors (Lipinski definition) is 4. The number of carbonyl (C=O) groups is 1. The molecule has 0 bridgehead atoms. The SMILES string of the molecule is COC(=O)OCC=Cc1cccnc1. The molecule has 74 valence electrons. The van der Waals surface area contributed by atoms with Crippen LogP contribution in [0, 0.1) is 0 Å². The fraction of sp³-hybridized carbons (Fsp3) is 0.200. The molecule has 0 aromatic carbocycles. The molecule has 1 rings (SSSR count). The standard InChI is InChI=1S/C10H11NO3/c1-13-10(12)14-7-3-5-9-4-2-6-11-8-9/h2-6,8H,7H2,1H3. The van der Waals surface area contributed by atoms with Crippen molar-refractivity contribution in [2.75, 3.05) is 13.7 Å². The lowest BCUT2D eigenvalue weighted by Gasteiger charge is -1.97. The molecular formula is C10H11NO3. The first-order valence-electron chi connectivity index (χ1n) is 4.10. The second-order valence-electron chi connectivity index (χ2n) is 2.45. The Morgan fingerprint density at radius 3 is 3.14 bits per heavy atom. The van der Waals surface area contributed by atoms with Crippen LogP contribution in [-0.2, 0) is 9.47 Å². The summed E-state index contributed by atoms with van der Waals surface area (Å²) in [6.07, 6.45) is 6.27. The van der Waals surface area contributed by atoms with E-state index in [1.165, 1.54) is 7.11 Å². The Bertz CT molecular complexity index is 308. The number of pyridine rings is 1. The fourth-order valence-electron chi connectivity index (χ4n) is 0.834. The van der Waals surface area contributed by atoms with E-state index in [1.807, 2.05) is 18.2 Å². The molecule has 0 fully saturated rings. The lowest BCUT2D eigenvalue weighted by Crippen LogP contribution is -2.03. The van der Waals surface area contributed by atoms with Crippen molar-refractivity contribution in [3.8, 4) is 0 Å². The van der Waals surface area contributed by atoms with Crippen LogP contribution in [0.5, 0.6) is 0 Å². The van der Waals surface area contributed by atoms with Crippen LogP contribution in [0.4, 0.5) is 4.79 Å². The average Bonchev–Trinajstić information content (AvgIpc) is 2.25. The average molecular weight is 193 g/mol. The van der Waals surface area contributed by atoms with Crippen molar-refractivity contribution in [2.24, 2.45) is 0 Å². The summed E-state index contributed by atoms with van der Waals surface area (Å²) in [5.41, 5.74) is 0.959. The van der Waals surface area contributed by atoms with Gasteiger partial charge in [-0.2, -0.15) is 0 Å². The van der Waals surface area contributed by atoms with Crippen molar-refractivity contribution in [1.29, 1.82) is 0 Å². The molecule has 14 heavy (non-hydrogen) atoms. The second kappa shape index (κ2) is 5.75. The Hall–Kier alpha value is -1.84. The van der Waals surface area contributed by atoms with E-state index < -0.39 is 6.16 Å². The highest BCUT2D eigenvalue weighted by molar-refractivity contribution is 5.60. The van der Waals surface area contributed by atoms with E-state index in [9.17, 15) is 4.79 Å². The summed E-state index contributed by atoms with van der Waals surface area (Å²) in [5, 5.41) is 0. The Kier molecular flexibility index (Phi) is 4.20. The van der Waals surface area contributed by atoms with Gasteiger partial charge in [0.15, 0.2) is 0 Å². The molecule has 0 N–H and O–H groups in total. The van der Waals surface area contributed by atoms with Gasteiger partial charge in [0.1, 0.15) is 6.61 Å². The summed E-state index contributed by atoms with van der Waals surface area (Å²) in [5.74, 6) is 0. The van der Waals surface area contributed by atoms with E-state index in [0.29, 0.717) is 0 Å². The van der Waals surface area contributed by atoms with E-state index in [4.69, 9.17) is 0 Å². The van der Waals surface area contributed by atoms with Gasteiger partial charge in [0.2, 0.25) is 0 Å². The molecule has 0 spiro atoms. The predicted octanol–water partition coefficient (Wildman–Crippen LogP) is 1.88. The number of methoxy groups -OCH3 is 1. The number of hydrogen-bond donors (Lipinski definition) is 0. The van der Waals surface area contributed by atoms with Gasteiger partial charge in [-0.05, 0) is 17.7 Å². The molecule has 0 amide bonds. The normalized spacial score (nSPS) is 10.1. The minimum absolute atomic E-state index is 0.196. The highest BCUT2D eigenvalue weighted by Gasteiger charge is 1.95. The third-order valence-electron chi connectivity index (χ3n) is 1.46. The summed E-state index contributed by atoms with van der Waals surface area (Å²) in [6, 6.07) is 3.74. The van der Waals surface area contributed by atoms with Gasteiger partial charge >= 0.3 is 6.16 Å². The highest BCUT2D eigenvalue weighted by atomic mass is 16.7. The first-order valence-corrected chi connectivity index (χ1v) is 4.10. The molecule has 0 saturated carbocycles. The number of carbonyl (C=O) groups excluding carboxylic acids is 1. The zero-order valence-corrected chi connectivity index (χ0v) is 7.84. The summed E-state index contributed by atoms with van der Waals surface area (Å²) in [4.78, 5) is 14.5. The van der Waals surface area contributed by atoms with E-state index >= 15 is 0 Å². The summed E-state index contributed by atoms with van der Waals surface area (Å²) in [6.45, 7) is 0.196. The van der Waals surface area contributed by atoms with Crippen LogP contribution >= 0.6 is 0 Å².